The summed E-state index contributed by atoms with van der Waals surface area (Å²) in [5.74, 6) is -0.798. The summed E-state index contributed by atoms with van der Waals surface area (Å²) in [6.45, 7) is 0. The molecule has 3 aromatic rings. The molecule has 3 rings (SSSR count). The minimum absolute atomic E-state index is 0.114. The number of aliphatic carboxylic acids is 1. The van der Waals surface area contributed by atoms with Crippen molar-refractivity contribution in [2.45, 2.75) is 12.8 Å². The number of carboxylic acid groups (broad SMARTS) is 1. The number of fused-ring (bicyclic) bond motifs is 1. The zero-order valence-corrected chi connectivity index (χ0v) is 10.8. The van der Waals surface area contributed by atoms with Crippen molar-refractivity contribution in [3.8, 4) is 10.6 Å². The van der Waals surface area contributed by atoms with Gasteiger partial charge in [-0.3, -0.25) is 4.79 Å². The number of benzene rings is 1. The molecule has 0 aliphatic rings. The minimum atomic E-state index is -0.798. The van der Waals surface area contributed by atoms with E-state index in [-0.39, 0.29) is 6.42 Å². The summed E-state index contributed by atoms with van der Waals surface area (Å²) >= 11 is 1.53. The van der Waals surface area contributed by atoms with Crippen LogP contribution in [0.3, 0.4) is 0 Å². The van der Waals surface area contributed by atoms with E-state index in [1.807, 2.05) is 23.6 Å². The Hall–Kier alpha value is -2.21. The molecule has 0 atom stereocenters. The molecule has 0 amide bonds. The van der Waals surface area contributed by atoms with Crippen molar-refractivity contribution in [2.75, 3.05) is 0 Å². The molecular weight excluding hydrogens is 262 g/mol. The second-order valence-electron chi connectivity index (χ2n) is 4.17. The highest BCUT2D eigenvalue weighted by Crippen LogP contribution is 2.26. The summed E-state index contributed by atoms with van der Waals surface area (Å²) in [6, 6.07) is 5.92. The Morgan fingerprint density at radius 3 is 3.16 bits per heavy atom. The van der Waals surface area contributed by atoms with Crippen LogP contribution in [0.15, 0.2) is 29.9 Å². The molecule has 1 aromatic carbocycles. The topological polar surface area (TPSA) is 78.9 Å². The number of carboxylic acids is 1. The molecule has 0 radical (unpaired) electrons. The maximum atomic E-state index is 10.5. The first kappa shape index (κ1) is 11.9. The zero-order chi connectivity index (χ0) is 13.2. The van der Waals surface area contributed by atoms with Gasteiger partial charge in [-0.15, -0.1) is 11.3 Å². The van der Waals surface area contributed by atoms with Crippen LogP contribution in [-0.4, -0.2) is 26.0 Å². The van der Waals surface area contributed by atoms with Crippen LogP contribution in [0.25, 0.3) is 21.6 Å². The van der Waals surface area contributed by atoms with Gasteiger partial charge >= 0.3 is 5.97 Å². The van der Waals surface area contributed by atoms with Gasteiger partial charge in [-0.2, -0.15) is 0 Å². The number of carbonyl (C=O) groups is 1. The molecule has 0 bridgehead atoms. The van der Waals surface area contributed by atoms with E-state index in [0.717, 1.165) is 27.3 Å². The molecule has 6 heteroatoms. The van der Waals surface area contributed by atoms with Crippen molar-refractivity contribution in [1.29, 1.82) is 0 Å². The highest BCUT2D eigenvalue weighted by atomic mass is 32.1. The Balaban J connectivity index is 1.86. The van der Waals surface area contributed by atoms with Crippen LogP contribution in [0.5, 0.6) is 0 Å². The van der Waals surface area contributed by atoms with Crippen LogP contribution in [0.1, 0.15) is 12.1 Å². The number of nitrogens with one attached hydrogen (secondary N) is 1. The standard InChI is InChI=1S/C13H11N3O2S/c17-12(18)4-2-9-6-19-13(16-9)8-1-3-10-11(5-8)15-7-14-10/h1,3,5-7H,2,4H2,(H,14,15)(H,17,18). The van der Waals surface area contributed by atoms with Gasteiger partial charge in [-0.25, -0.2) is 9.97 Å². The summed E-state index contributed by atoms with van der Waals surface area (Å²) in [4.78, 5) is 22.2. The van der Waals surface area contributed by atoms with Crippen molar-refractivity contribution in [3.05, 3.63) is 35.6 Å². The third-order valence-corrected chi connectivity index (χ3v) is 3.75. The molecule has 96 valence electrons. The molecule has 0 spiro atoms. The third-order valence-electron chi connectivity index (χ3n) is 2.81. The van der Waals surface area contributed by atoms with Crippen molar-refractivity contribution in [3.63, 3.8) is 0 Å². The summed E-state index contributed by atoms with van der Waals surface area (Å²) in [7, 11) is 0. The van der Waals surface area contributed by atoms with E-state index in [0.29, 0.717) is 6.42 Å². The molecule has 2 N–H and O–H groups in total. The van der Waals surface area contributed by atoms with Crippen molar-refractivity contribution >= 4 is 28.3 Å². The molecule has 0 unspecified atom stereocenters. The first-order chi connectivity index (χ1) is 9.22. The predicted molar refractivity (Wildman–Crippen MR) is 73.2 cm³/mol. The monoisotopic (exact) mass is 273 g/mol. The smallest absolute Gasteiger partial charge is 0.303 e. The molecule has 5 nitrogen and oxygen atoms in total. The Labute approximate surface area is 113 Å². The molecule has 0 fully saturated rings. The molecular formula is C13H11N3O2S. The lowest BCUT2D eigenvalue weighted by molar-refractivity contribution is -0.136. The average Bonchev–Trinajstić information content (AvgIpc) is 3.04. The van der Waals surface area contributed by atoms with E-state index in [1.54, 1.807) is 6.33 Å². The van der Waals surface area contributed by atoms with Gasteiger partial charge in [-0.05, 0) is 18.2 Å². The normalized spacial score (nSPS) is 10.9. The molecule has 0 saturated carbocycles. The number of H-pyrrole nitrogens is 1. The molecule has 19 heavy (non-hydrogen) atoms. The van der Waals surface area contributed by atoms with Gasteiger partial charge in [0, 0.05) is 17.4 Å². The fourth-order valence-electron chi connectivity index (χ4n) is 1.86. The summed E-state index contributed by atoms with van der Waals surface area (Å²) in [5, 5.41) is 11.5. The van der Waals surface area contributed by atoms with Gasteiger partial charge in [0.1, 0.15) is 5.01 Å². The number of aromatic nitrogens is 3. The van der Waals surface area contributed by atoms with Crippen LogP contribution < -0.4 is 0 Å². The summed E-state index contributed by atoms with van der Waals surface area (Å²) in [5.41, 5.74) is 3.74. The number of aryl methyl sites for hydroxylation is 1. The Kier molecular flexibility index (Phi) is 3.00. The summed E-state index contributed by atoms with van der Waals surface area (Å²) in [6.07, 6.45) is 2.25. The van der Waals surface area contributed by atoms with Crippen molar-refractivity contribution in [1.82, 2.24) is 15.0 Å². The van der Waals surface area contributed by atoms with Crippen LogP contribution in [0.4, 0.5) is 0 Å². The van der Waals surface area contributed by atoms with E-state index in [2.05, 4.69) is 15.0 Å². The fourth-order valence-corrected chi connectivity index (χ4v) is 2.71. The second-order valence-corrected chi connectivity index (χ2v) is 5.03. The first-order valence-electron chi connectivity index (χ1n) is 5.82. The van der Waals surface area contributed by atoms with Gasteiger partial charge in [-0.1, -0.05) is 0 Å². The number of aromatic amines is 1. The highest BCUT2D eigenvalue weighted by Gasteiger charge is 2.07. The Morgan fingerprint density at radius 2 is 2.32 bits per heavy atom. The lowest BCUT2D eigenvalue weighted by Crippen LogP contribution is -1.97. The predicted octanol–water partition coefficient (Wildman–Crippen LogP) is 2.70. The lowest BCUT2D eigenvalue weighted by atomic mass is 10.2. The number of rotatable bonds is 4. The van der Waals surface area contributed by atoms with Gasteiger partial charge in [0.2, 0.25) is 0 Å². The third kappa shape index (κ3) is 2.48. The van der Waals surface area contributed by atoms with E-state index in [4.69, 9.17) is 5.11 Å². The first-order valence-corrected chi connectivity index (χ1v) is 6.70. The SMILES string of the molecule is O=C(O)CCc1csc(-c2ccc3nc[nH]c3c2)n1. The number of thiazole rings is 1. The zero-order valence-electron chi connectivity index (χ0n) is 9.96. The van der Waals surface area contributed by atoms with Gasteiger partial charge < -0.3 is 10.1 Å². The van der Waals surface area contributed by atoms with Gasteiger partial charge in [0.15, 0.2) is 0 Å². The fraction of sp³-hybridized carbons (Fsp3) is 0.154. The van der Waals surface area contributed by atoms with Gasteiger partial charge in [0.05, 0.1) is 29.5 Å². The molecule has 0 saturated heterocycles. The van der Waals surface area contributed by atoms with Gasteiger partial charge in [0.25, 0.3) is 0 Å². The maximum Gasteiger partial charge on any atom is 0.303 e. The molecule has 0 aliphatic heterocycles. The van der Waals surface area contributed by atoms with E-state index < -0.39 is 5.97 Å². The van der Waals surface area contributed by atoms with Crippen LogP contribution in [0.2, 0.25) is 0 Å². The second kappa shape index (κ2) is 4.81. The van der Waals surface area contributed by atoms with E-state index >= 15 is 0 Å². The van der Waals surface area contributed by atoms with Crippen LogP contribution in [0, 0.1) is 0 Å². The van der Waals surface area contributed by atoms with Crippen LogP contribution in [-0.2, 0) is 11.2 Å². The van der Waals surface area contributed by atoms with Crippen molar-refractivity contribution < 1.29 is 9.90 Å². The number of hydrogen-bond acceptors (Lipinski definition) is 4. The highest BCUT2D eigenvalue weighted by molar-refractivity contribution is 7.13. The number of nitrogens with zero attached hydrogens (tertiary/aromatic N) is 2. The summed E-state index contributed by atoms with van der Waals surface area (Å²) < 4.78 is 0. The Bertz CT molecular complexity index is 732. The quantitative estimate of drug-likeness (QED) is 0.766. The molecule has 2 aromatic heterocycles. The lowest BCUT2D eigenvalue weighted by Gasteiger charge is -1.96. The van der Waals surface area contributed by atoms with E-state index in [9.17, 15) is 4.79 Å². The number of hydrogen-bond donors (Lipinski definition) is 2. The maximum absolute atomic E-state index is 10.5. The largest absolute Gasteiger partial charge is 0.481 e. The molecule has 0 aliphatic carbocycles. The number of imidazole rings is 1. The minimum Gasteiger partial charge on any atom is -0.481 e. The molecule has 2 heterocycles. The van der Waals surface area contributed by atoms with Crippen LogP contribution >= 0.6 is 11.3 Å². The van der Waals surface area contributed by atoms with Crippen molar-refractivity contribution in [2.24, 2.45) is 0 Å². The average molecular weight is 273 g/mol. The Morgan fingerprint density at radius 1 is 1.42 bits per heavy atom. The van der Waals surface area contributed by atoms with E-state index in [1.165, 1.54) is 11.3 Å².